The Kier molecular flexibility index (Phi) is 6.27. The first-order chi connectivity index (χ1) is 13.6. The molecule has 0 saturated heterocycles. The first-order valence-electron chi connectivity index (χ1n) is 9.30. The monoisotopic (exact) mass is 375 g/mol. The number of anilines is 2. The quantitative estimate of drug-likeness (QED) is 0.605. The number of methoxy groups -OCH3 is 1. The van der Waals surface area contributed by atoms with Gasteiger partial charge in [0.2, 0.25) is 0 Å². The number of hydrogen-bond acceptors (Lipinski definition) is 4. The molecule has 2 N–H and O–H groups in total. The van der Waals surface area contributed by atoms with Gasteiger partial charge in [0.1, 0.15) is 11.4 Å². The Morgan fingerprint density at radius 3 is 2.61 bits per heavy atom. The van der Waals surface area contributed by atoms with Crippen LogP contribution in [-0.2, 0) is 6.54 Å². The third-order valence-electron chi connectivity index (χ3n) is 4.50. The number of rotatable bonds is 7. The summed E-state index contributed by atoms with van der Waals surface area (Å²) in [6.07, 6.45) is 1.63. The third kappa shape index (κ3) is 4.68. The number of nitrogens with one attached hydrogen (secondary N) is 2. The number of para-hydroxylation sites is 2. The predicted molar refractivity (Wildman–Crippen MR) is 113 cm³/mol. The number of benzene rings is 2. The summed E-state index contributed by atoms with van der Waals surface area (Å²) in [6, 6.07) is 19.3. The van der Waals surface area contributed by atoms with Crippen LogP contribution in [0.25, 0.3) is 0 Å². The topological polar surface area (TPSA) is 63.2 Å². The van der Waals surface area contributed by atoms with E-state index >= 15 is 0 Å². The van der Waals surface area contributed by atoms with Crippen molar-refractivity contribution in [2.75, 3.05) is 17.7 Å². The van der Waals surface area contributed by atoms with E-state index in [1.54, 1.807) is 19.4 Å². The Morgan fingerprint density at radius 2 is 1.82 bits per heavy atom. The smallest absolute Gasteiger partial charge is 0.274 e. The molecule has 0 unspecified atom stereocenters. The predicted octanol–water partition coefficient (Wildman–Crippen LogP) is 5.08. The lowest BCUT2D eigenvalue weighted by Gasteiger charge is -2.14. The average molecular weight is 375 g/mol. The highest BCUT2D eigenvalue weighted by molar-refractivity contribution is 6.03. The number of aromatic nitrogens is 1. The van der Waals surface area contributed by atoms with Crippen LogP contribution in [0.2, 0.25) is 0 Å². The van der Waals surface area contributed by atoms with Gasteiger partial charge >= 0.3 is 0 Å². The molecule has 5 nitrogen and oxygen atoms in total. The minimum absolute atomic E-state index is 0.228. The van der Waals surface area contributed by atoms with Gasteiger partial charge < -0.3 is 15.4 Å². The van der Waals surface area contributed by atoms with Crippen LogP contribution in [0.4, 0.5) is 11.4 Å². The summed E-state index contributed by atoms with van der Waals surface area (Å²) in [5, 5.41) is 6.30. The Bertz CT molecular complexity index is 954. The van der Waals surface area contributed by atoms with Crippen molar-refractivity contribution in [2.45, 2.75) is 26.3 Å². The van der Waals surface area contributed by atoms with E-state index < -0.39 is 0 Å². The van der Waals surface area contributed by atoms with Crippen LogP contribution in [0.15, 0.2) is 66.9 Å². The molecule has 144 valence electrons. The lowest BCUT2D eigenvalue weighted by molar-refractivity contribution is 0.102. The second kappa shape index (κ2) is 9.04. The molecule has 0 spiro atoms. The second-order valence-electron chi connectivity index (χ2n) is 6.79. The number of pyridine rings is 1. The van der Waals surface area contributed by atoms with Crippen LogP contribution in [0.1, 0.15) is 41.4 Å². The summed E-state index contributed by atoms with van der Waals surface area (Å²) >= 11 is 0. The molecule has 0 fully saturated rings. The van der Waals surface area contributed by atoms with Gasteiger partial charge in [0.25, 0.3) is 5.91 Å². The molecule has 3 rings (SSSR count). The van der Waals surface area contributed by atoms with E-state index in [2.05, 4.69) is 29.5 Å². The van der Waals surface area contributed by atoms with Crippen LogP contribution in [-0.4, -0.2) is 18.0 Å². The van der Waals surface area contributed by atoms with E-state index in [1.165, 1.54) is 0 Å². The summed E-state index contributed by atoms with van der Waals surface area (Å²) in [5.74, 6) is 0.916. The minimum Gasteiger partial charge on any atom is -0.496 e. The highest BCUT2D eigenvalue weighted by Crippen LogP contribution is 2.24. The van der Waals surface area contributed by atoms with E-state index in [9.17, 15) is 4.79 Å². The number of carbonyl (C=O) groups excluding carboxylic acids is 1. The molecule has 1 amide bonds. The van der Waals surface area contributed by atoms with Crippen molar-refractivity contribution < 1.29 is 9.53 Å². The lowest BCUT2D eigenvalue weighted by Crippen LogP contribution is -2.15. The number of ether oxygens (including phenoxy) is 1. The van der Waals surface area contributed by atoms with E-state index in [0.717, 1.165) is 28.3 Å². The first kappa shape index (κ1) is 19.4. The molecule has 1 aromatic heterocycles. The minimum atomic E-state index is -0.228. The zero-order chi connectivity index (χ0) is 19.9. The number of nitrogens with zero attached hydrogens (tertiary/aromatic N) is 1. The largest absolute Gasteiger partial charge is 0.496 e. The molecule has 0 aliphatic carbocycles. The molecule has 2 aromatic carbocycles. The van der Waals surface area contributed by atoms with E-state index in [0.29, 0.717) is 18.2 Å². The zero-order valence-corrected chi connectivity index (χ0v) is 16.4. The summed E-state index contributed by atoms with van der Waals surface area (Å²) < 4.78 is 5.38. The summed E-state index contributed by atoms with van der Waals surface area (Å²) in [5.41, 5.74) is 4.14. The summed E-state index contributed by atoms with van der Waals surface area (Å²) in [4.78, 5) is 16.9. The van der Waals surface area contributed by atoms with Crippen molar-refractivity contribution in [3.8, 4) is 5.75 Å². The van der Waals surface area contributed by atoms with Crippen molar-refractivity contribution >= 4 is 17.3 Å². The fourth-order valence-corrected chi connectivity index (χ4v) is 3.01. The van der Waals surface area contributed by atoms with Crippen molar-refractivity contribution in [1.82, 2.24) is 4.98 Å². The normalized spacial score (nSPS) is 10.6. The van der Waals surface area contributed by atoms with Gasteiger partial charge in [-0.2, -0.15) is 0 Å². The maximum Gasteiger partial charge on any atom is 0.274 e. The highest BCUT2D eigenvalue weighted by Gasteiger charge is 2.12. The Labute approximate surface area is 165 Å². The Hall–Kier alpha value is -3.34. The van der Waals surface area contributed by atoms with Crippen molar-refractivity contribution in [3.63, 3.8) is 0 Å². The van der Waals surface area contributed by atoms with E-state index in [4.69, 9.17) is 4.74 Å². The molecule has 0 aliphatic rings. The number of amides is 1. The summed E-state index contributed by atoms with van der Waals surface area (Å²) in [6.45, 7) is 4.79. The van der Waals surface area contributed by atoms with Crippen LogP contribution < -0.4 is 15.4 Å². The molecule has 3 aromatic rings. The standard InChI is InChI=1S/C23H25N3O2/c1-16(2)19-9-5-6-10-20(19)26-23(27)21-14-18(12-13-24-21)25-15-17-8-4-7-11-22(17)28-3/h4-14,16H,15H2,1-3H3,(H,24,25)(H,26,27). The lowest BCUT2D eigenvalue weighted by atomic mass is 10.0. The molecule has 0 radical (unpaired) electrons. The fourth-order valence-electron chi connectivity index (χ4n) is 3.01. The molecule has 0 bridgehead atoms. The maximum absolute atomic E-state index is 12.7. The van der Waals surface area contributed by atoms with Gasteiger partial charge in [0.05, 0.1) is 7.11 Å². The van der Waals surface area contributed by atoms with Gasteiger partial charge in [-0.05, 0) is 35.7 Å². The Balaban J connectivity index is 1.72. The average Bonchev–Trinajstić information content (AvgIpc) is 2.73. The number of hydrogen-bond donors (Lipinski definition) is 2. The molecular formula is C23H25N3O2. The van der Waals surface area contributed by atoms with Crippen LogP contribution >= 0.6 is 0 Å². The van der Waals surface area contributed by atoms with Gasteiger partial charge in [-0.15, -0.1) is 0 Å². The van der Waals surface area contributed by atoms with Crippen LogP contribution in [0, 0.1) is 0 Å². The SMILES string of the molecule is COc1ccccc1CNc1ccnc(C(=O)Nc2ccccc2C(C)C)c1. The van der Waals surface area contributed by atoms with Crippen molar-refractivity contribution in [1.29, 1.82) is 0 Å². The van der Waals surface area contributed by atoms with Crippen molar-refractivity contribution in [2.24, 2.45) is 0 Å². The van der Waals surface area contributed by atoms with Gasteiger partial charge in [0.15, 0.2) is 0 Å². The molecule has 0 atom stereocenters. The highest BCUT2D eigenvalue weighted by atomic mass is 16.5. The molecule has 5 heteroatoms. The first-order valence-corrected chi connectivity index (χ1v) is 9.30. The molecule has 0 saturated carbocycles. The zero-order valence-electron chi connectivity index (χ0n) is 16.4. The Morgan fingerprint density at radius 1 is 1.07 bits per heavy atom. The number of carbonyl (C=O) groups is 1. The van der Waals surface area contributed by atoms with E-state index in [-0.39, 0.29) is 5.91 Å². The van der Waals surface area contributed by atoms with Gasteiger partial charge in [-0.25, -0.2) is 0 Å². The fraction of sp³-hybridized carbons (Fsp3) is 0.217. The second-order valence-corrected chi connectivity index (χ2v) is 6.79. The molecule has 1 heterocycles. The molecule has 28 heavy (non-hydrogen) atoms. The maximum atomic E-state index is 12.7. The molecular weight excluding hydrogens is 350 g/mol. The van der Waals surface area contributed by atoms with Gasteiger partial charge in [-0.3, -0.25) is 9.78 Å². The van der Waals surface area contributed by atoms with Crippen LogP contribution in [0.5, 0.6) is 5.75 Å². The van der Waals surface area contributed by atoms with Crippen molar-refractivity contribution in [3.05, 3.63) is 83.7 Å². The summed E-state index contributed by atoms with van der Waals surface area (Å²) in [7, 11) is 1.66. The van der Waals surface area contributed by atoms with Crippen LogP contribution in [0.3, 0.4) is 0 Å². The van der Waals surface area contributed by atoms with Gasteiger partial charge in [0, 0.05) is 29.7 Å². The van der Waals surface area contributed by atoms with E-state index in [1.807, 2.05) is 54.6 Å². The van der Waals surface area contributed by atoms with Gasteiger partial charge in [-0.1, -0.05) is 50.2 Å². The molecule has 0 aliphatic heterocycles. The third-order valence-corrected chi connectivity index (χ3v) is 4.50.